The topological polar surface area (TPSA) is 140 Å². The number of hydrogen-bond donors (Lipinski definition) is 3. The Bertz CT molecular complexity index is 1140. The molecular formula is C35H59Na2O9P+2. The number of rotatable bonds is 12. The smallest absolute Gasteiger partial charge is 0.449 e. The number of Topliss-reactive ketones (excluding diaryl/α,β-unsaturated/α-hetero) is 1. The molecule has 9 nitrogen and oxygen atoms in total. The van der Waals surface area contributed by atoms with Gasteiger partial charge in [-0.05, 0) is 122 Å². The van der Waals surface area contributed by atoms with Gasteiger partial charge in [0, 0.05) is 0 Å². The van der Waals surface area contributed by atoms with Crippen LogP contribution in [0.5, 0.6) is 0 Å². The van der Waals surface area contributed by atoms with Gasteiger partial charge in [-0.3, -0.25) is 13.8 Å². The van der Waals surface area contributed by atoms with Gasteiger partial charge >= 0.3 is 72.9 Å². The minimum atomic E-state index is -4.77. The fraction of sp³-hybridized carbons (Fsp3) is 0.943. The summed E-state index contributed by atoms with van der Waals surface area (Å²) in [5, 5.41) is 18.8. The zero-order valence-electron chi connectivity index (χ0n) is 30.4. The molecule has 4 aliphatic carbocycles. The number of aliphatic hydroxyl groups excluding tert-OH is 2. The minimum Gasteiger partial charge on any atom is -0.449 e. The van der Waals surface area contributed by atoms with Crippen LogP contribution in [0.2, 0.25) is 0 Å². The molecule has 1 heterocycles. The summed E-state index contributed by atoms with van der Waals surface area (Å²) >= 11 is 0. The number of phosphoric ester groups is 1. The molecule has 1 aliphatic heterocycles. The number of cyclic esters (lactones) is 1. The van der Waals surface area contributed by atoms with Crippen molar-refractivity contribution in [3.8, 4) is 0 Å². The van der Waals surface area contributed by atoms with Crippen molar-refractivity contribution in [3.63, 3.8) is 0 Å². The average Bonchev–Trinajstić information content (AvgIpc) is 3.48. The van der Waals surface area contributed by atoms with Crippen molar-refractivity contribution in [2.75, 3.05) is 6.61 Å². The quantitative estimate of drug-likeness (QED) is 0.115. The summed E-state index contributed by atoms with van der Waals surface area (Å²) in [7, 11) is -4.77. The summed E-state index contributed by atoms with van der Waals surface area (Å²) in [6.45, 7) is 13.9. The fourth-order valence-electron chi connectivity index (χ4n) is 11.3. The van der Waals surface area contributed by atoms with Crippen molar-refractivity contribution < 1.29 is 102 Å². The molecule has 5 rings (SSSR count). The molecule has 0 radical (unpaired) electrons. The largest absolute Gasteiger partial charge is 1.00 e. The van der Waals surface area contributed by atoms with Crippen LogP contribution in [0.15, 0.2) is 0 Å². The Hall–Kier alpha value is 1.17. The molecule has 5 unspecified atom stereocenters. The van der Waals surface area contributed by atoms with Crippen molar-refractivity contribution in [1.82, 2.24) is 0 Å². The van der Waals surface area contributed by atoms with E-state index in [9.17, 15) is 24.2 Å². The average molecular weight is 701 g/mol. The molecule has 0 amide bonds. The van der Waals surface area contributed by atoms with Crippen molar-refractivity contribution in [1.29, 1.82) is 0 Å². The molecule has 0 aromatic heterocycles. The van der Waals surface area contributed by atoms with E-state index in [1.54, 1.807) is 0 Å². The van der Waals surface area contributed by atoms with Gasteiger partial charge < -0.3 is 19.8 Å². The van der Waals surface area contributed by atoms with E-state index in [2.05, 4.69) is 41.5 Å². The number of aliphatic hydroxyl groups is 2. The van der Waals surface area contributed by atoms with Crippen LogP contribution >= 0.6 is 7.82 Å². The molecule has 0 bridgehead atoms. The Kier molecular flexibility index (Phi) is 15.3. The zero-order chi connectivity index (χ0) is 32.9. The van der Waals surface area contributed by atoms with Gasteiger partial charge in [-0.1, -0.05) is 54.4 Å². The van der Waals surface area contributed by atoms with Gasteiger partial charge in [-0.25, -0.2) is 9.36 Å². The monoisotopic (exact) mass is 700 g/mol. The number of carbonyl (C=O) groups is 2. The normalized spacial score (nSPS) is 41.3. The second-order valence-electron chi connectivity index (χ2n) is 16.3. The van der Waals surface area contributed by atoms with Crippen molar-refractivity contribution in [3.05, 3.63) is 0 Å². The maximum absolute atomic E-state index is 13.0. The van der Waals surface area contributed by atoms with Gasteiger partial charge in [-0.2, -0.15) is 0 Å². The first-order chi connectivity index (χ1) is 21.1. The third kappa shape index (κ3) is 8.54. The van der Waals surface area contributed by atoms with E-state index in [4.69, 9.17) is 18.9 Å². The van der Waals surface area contributed by atoms with Gasteiger partial charge in [-0.15, -0.1) is 0 Å². The SMILES string of the molecule is CCC(CC[C@H](C)[C@H]1CC[C@H]2[C@@H]3CC[C@H]4C[C@@H](OP(=O)(O)OC5C(=O)OC(C(O)CO)C5=O)CC[C@]4(C)[C@H]3CC[C@]12C)C(C)C.[Na+].[Na+]. The molecule has 1 saturated heterocycles. The van der Waals surface area contributed by atoms with E-state index >= 15 is 0 Å². The zero-order valence-corrected chi connectivity index (χ0v) is 35.3. The van der Waals surface area contributed by atoms with E-state index in [1.165, 1.54) is 51.4 Å². The Morgan fingerprint density at radius 2 is 1.60 bits per heavy atom. The molecule has 3 N–H and O–H groups in total. The minimum absolute atomic E-state index is 0. The van der Waals surface area contributed by atoms with E-state index in [1.807, 2.05) is 0 Å². The Morgan fingerprint density at radius 3 is 2.23 bits per heavy atom. The molecule has 5 aliphatic rings. The van der Waals surface area contributed by atoms with Gasteiger partial charge in [0.15, 0.2) is 6.10 Å². The fourth-order valence-corrected chi connectivity index (χ4v) is 12.4. The third-order valence-electron chi connectivity index (χ3n) is 13.9. The van der Waals surface area contributed by atoms with Crippen LogP contribution in [-0.2, 0) is 27.9 Å². The predicted molar refractivity (Wildman–Crippen MR) is 170 cm³/mol. The molecule has 14 atom stereocenters. The third-order valence-corrected chi connectivity index (χ3v) is 14.9. The number of hydrogen-bond acceptors (Lipinski definition) is 8. The van der Waals surface area contributed by atoms with Crippen LogP contribution in [0.4, 0.5) is 0 Å². The number of carbonyl (C=O) groups excluding carboxylic acids is 2. The summed E-state index contributed by atoms with van der Waals surface area (Å²) in [6.07, 6.45) is 7.99. The summed E-state index contributed by atoms with van der Waals surface area (Å²) in [5.74, 6) is 3.57. The molecule has 0 spiro atoms. The molecular weight excluding hydrogens is 641 g/mol. The first-order valence-corrected chi connectivity index (χ1v) is 19.4. The van der Waals surface area contributed by atoms with E-state index in [-0.39, 0.29) is 64.5 Å². The molecule has 0 aromatic rings. The Balaban J connectivity index is 0.00000300. The van der Waals surface area contributed by atoms with Gasteiger partial charge in [0.05, 0.1) is 12.7 Å². The van der Waals surface area contributed by atoms with Crippen molar-refractivity contribution in [2.45, 2.75) is 143 Å². The van der Waals surface area contributed by atoms with Gasteiger partial charge in [0.25, 0.3) is 0 Å². The summed E-state index contributed by atoms with van der Waals surface area (Å²) in [6, 6.07) is 0. The summed E-state index contributed by atoms with van der Waals surface area (Å²) in [4.78, 5) is 35.2. The number of fused-ring (bicyclic) bond motifs is 5. The maximum atomic E-state index is 13.0. The van der Waals surface area contributed by atoms with E-state index in [0.717, 1.165) is 48.3 Å². The van der Waals surface area contributed by atoms with Gasteiger partial charge in [0.1, 0.15) is 6.10 Å². The van der Waals surface area contributed by atoms with Crippen LogP contribution in [0.25, 0.3) is 0 Å². The molecule has 0 aromatic carbocycles. The Morgan fingerprint density at radius 1 is 0.936 bits per heavy atom. The number of esters is 1. The first kappa shape index (κ1) is 42.6. The molecule has 47 heavy (non-hydrogen) atoms. The molecule has 258 valence electrons. The van der Waals surface area contributed by atoms with Crippen LogP contribution in [0, 0.1) is 58.2 Å². The van der Waals surface area contributed by atoms with E-state index < -0.39 is 50.6 Å². The Labute approximate surface area is 327 Å². The van der Waals surface area contributed by atoms with Crippen LogP contribution in [0.3, 0.4) is 0 Å². The summed E-state index contributed by atoms with van der Waals surface area (Å²) in [5.41, 5.74) is 0.591. The number of phosphoric acid groups is 1. The van der Waals surface area contributed by atoms with Gasteiger partial charge in [0.2, 0.25) is 11.9 Å². The molecule has 12 heteroatoms. The second-order valence-corrected chi connectivity index (χ2v) is 17.7. The van der Waals surface area contributed by atoms with Crippen LogP contribution in [-0.4, -0.2) is 57.9 Å². The number of ketones is 1. The standard InChI is InChI=1S/C35H59O9P.2Na/c1-7-22(20(2)3)9-8-21(4)26-12-13-27-25-11-10-23-18-24(14-16-34(23,5)28(25)15-17-35(26,27)6)43-45(40,41)44-32-30(38)31(29(37)19-36)42-33(32)39;;/h20-29,31-32,36-37H,7-19H2,1-6H3,(H,40,41);;/q;2*+1/t21-,22?,23-,24-,25-,26+,27-,28-,29?,31?,32?,34-,35+;;/m0../s1. The second kappa shape index (κ2) is 16.9. The van der Waals surface area contributed by atoms with E-state index in [0.29, 0.717) is 30.1 Å². The molecule has 4 saturated carbocycles. The van der Waals surface area contributed by atoms with Crippen molar-refractivity contribution >= 4 is 19.6 Å². The summed E-state index contributed by atoms with van der Waals surface area (Å²) < 4.78 is 28.4. The first-order valence-electron chi connectivity index (χ1n) is 17.9. The predicted octanol–water partition coefficient (Wildman–Crippen LogP) is 0.470. The van der Waals surface area contributed by atoms with Crippen LogP contribution < -0.4 is 59.1 Å². The molecule has 5 fully saturated rings. The van der Waals surface area contributed by atoms with Crippen LogP contribution in [0.1, 0.15) is 119 Å². The van der Waals surface area contributed by atoms with Crippen molar-refractivity contribution in [2.24, 2.45) is 58.2 Å². The maximum Gasteiger partial charge on any atom is 1.00 e. The number of ether oxygens (including phenoxy) is 1.